The van der Waals surface area contributed by atoms with E-state index in [1.54, 1.807) is 35.8 Å². The van der Waals surface area contributed by atoms with E-state index >= 15 is 0 Å². The highest BCUT2D eigenvalue weighted by molar-refractivity contribution is 5.77. The molecule has 1 saturated heterocycles. The number of aromatic nitrogens is 2. The molecule has 2 heterocycles. The summed E-state index contributed by atoms with van der Waals surface area (Å²) in [6, 6.07) is 15.1. The standard InChI is InChI=1S/C27H30N4O4/c1-19(33)25-28-14-15-31(25)23(16-32)11-6-20-4-7-21(8-5-20)22-9-12-24(13-10-22)35-18-27(2)17-30(3)26(34)29-27/h4-5,7-10,12-15,19,23,32-33H,16-18H2,1-3H3,(H,29,34)/t19-,23-,27-/m0/s1. The molecule has 3 aromatic rings. The Morgan fingerprint density at radius 2 is 1.83 bits per heavy atom. The van der Waals surface area contributed by atoms with Crippen LogP contribution in [-0.4, -0.2) is 63.0 Å². The molecule has 182 valence electrons. The van der Waals surface area contributed by atoms with Crippen molar-refractivity contribution < 1.29 is 19.7 Å². The fourth-order valence-corrected chi connectivity index (χ4v) is 4.08. The number of urea groups is 1. The van der Waals surface area contributed by atoms with Crippen molar-refractivity contribution in [3.8, 4) is 28.7 Å². The molecule has 0 radical (unpaired) electrons. The van der Waals surface area contributed by atoms with Gasteiger partial charge in [-0.25, -0.2) is 9.78 Å². The van der Waals surface area contributed by atoms with Gasteiger partial charge in [0, 0.05) is 31.5 Å². The Labute approximate surface area is 205 Å². The Hall–Kier alpha value is -3.80. The van der Waals surface area contributed by atoms with Crippen molar-refractivity contribution in [3.63, 3.8) is 0 Å². The number of amides is 2. The Bertz CT molecular complexity index is 1220. The first-order chi connectivity index (χ1) is 16.8. The van der Waals surface area contributed by atoms with Crippen molar-refractivity contribution in [3.05, 3.63) is 72.3 Å². The zero-order valence-corrected chi connectivity index (χ0v) is 20.1. The number of imidazole rings is 1. The third-order valence-electron chi connectivity index (χ3n) is 5.94. The molecule has 0 aliphatic carbocycles. The summed E-state index contributed by atoms with van der Waals surface area (Å²) < 4.78 is 7.61. The van der Waals surface area contributed by atoms with Gasteiger partial charge < -0.3 is 29.7 Å². The average molecular weight is 475 g/mol. The number of carbonyl (C=O) groups excluding carboxylic acids is 1. The van der Waals surface area contributed by atoms with Crippen LogP contribution in [0.4, 0.5) is 4.79 Å². The molecule has 3 atom stereocenters. The lowest BCUT2D eigenvalue weighted by Crippen LogP contribution is -2.45. The van der Waals surface area contributed by atoms with Crippen molar-refractivity contribution in [2.45, 2.75) is 31.5 Å². The number of ether oxygens (including phenoxy) is 1. The summed E-state index contributed by atoms with van der Waals surface area (Å²) >= 11 is 0. The van der Waals surface area contributed by atoms with E-state index in [9.17, 15) is 15.0 Å². The summed E-state index contributed by atoms with van der Waals surface area (Å²) in [5, 5.41) is 22.6. The third kappa shape index (κ3) is 5.65. The SMILES string of the molecule is C[C@H](O)c1nccn1[C@@H](C#Cc1ccc(-c2ccc(OC[C@]3(C)CN(C)C(=O)N3)cc2)cc1)CO. The zero-order chi connectivity index (χ0) is 25.0. The van der Waals surface area contributed by atoms with E-state index in [1.807, 2.05) is 55.5 Å². The smallest absolute Gasteiger partial charge is 0.317 e. The van der Waals surface area contributed by atoms with E-state index < -0.39 is 17.7 Å². The van der Waals surface area contributed by atoms with E-state index in [4.69, 9.17) is 4.74 Å². The maximum atomic E-state index is 11.7. The second-order valence-electron chi connectivity index (χ2n) is 9.07. The highest BCUT2D eigenvalue weighted by atomic mass is 16.5. The normalized spacial score (nSPS) is 19.0. The molecule has 0 bridgehead atoms. The number of carbonyl (C=O) groups is 1. The van der Waals surface area contributed by atoms with Crippen molar-refractivity contribution in [2.75, 3.05) is 26.8 Å². The van der Waals surface area contributed by atoms with Crippen molar-refractivity contribution in [1.29, 1.82) is 0 Å². The van der Waals surface area contributed by atoms with Crippen LogP contribution in [0.3, 0.4) is 0 Å². The first-order valence-electron chi connectivity index (χ1n) is 11.5. The minimum atomic E-state index is -0.745. The number of aliphatic hydroxyl groups excluding tert-OH is 2. The molecule has 8 nitrogen and oxygen atoms in total. The molecule has 4 rings (SSSR count). The summed E-state index contributed by atoms with van der Waals surface area (Å²) in [4.78, 5) is 17.5. The molecule has 0 saturated carbocycles. The van der Waals surface area contributed by atoms with Crippen molar-refractivity contribution in [1.82, 2.24) is 19.8 Å². The van der Waals surface area contributed by atoms with Gasteiger partial charge in [0.25, 0.3) is 0 Å². The van der Waals surface area contributed by atoms with Gasteiger partial charge in [0.15, 0.2) is 0 Å². The van der Waals surface area contributed by atoms with Gasteiger partial charge in [0.2, 0.25) is 0 Å². The first kappa shape index (κ1) is 24.3. The quantitative estimate of drug-likeness (QED) is 0.457. The highest BCUT2D eigenvalue weighted by Crippen LogP contribution is 2.24. The molecule has 1 fully saturated rings. The van der Waals surface area contributed by atoms with Gasteiger partial charge in [0.05, 0.1) is 12.1 Å². The molecule has 8 heteroatoms. The van der Waals surface area contributed by atoms with Crippen LogP contribution in [0.5, 0.6) is 5.75 Å². The van der Waals surface area contributed by atoms with Crippen LogP contribution in [-0.2, 0) is 0 Å². The average Bonchev–Trinajstić information content (AvgIpc) is 3.43. The fraction of sp³-hybridized carbons (Fsp3) is 0.333. The fourth-order valence-electron chi connectivity index (χ4n) is 4.08. The van der Waals surface area contributed by atoms with Crippen molar-refractivity contribution in [2.24, 2.45) is 0 Å². The highest BCUT2D eigenvalue weighted by Gasteiger charge is 2.37. The van der Waals surface area contributed by atoms with Crippen LogP contribution in [0, 0.1) is 11.8 Å². The molecule has 3 N–H and O–H groups in total. The maximum absolute atomic E-state index is 11.7. The maximum Gasteiger partial charge on any atom is 0.317 e. The van der Waals surface area contributed by atoms with E-state index in [1.165, 1.54) is 0 Å². The van der Waals surface area contributed by atoms with Crippen LogP contribution in [0.1, 0.15) is 37.4 Å². The van der Waals surface area contributed by atoms with Gasteiger partial charge >= 0.3 is 6.03 Å². The lowest BCUT2D eigenvalue weighted by molar-refractivity contribution is 0.176. The number of nitrogens with zero attached hydrogens (tertiary/aromatic N) is 3. The molecule has 35 heavy (non-hydrogen) atoms. The lowest BCUT2D eigenvalue weighted by Gasteiger charge is -2.23. The van der Waals surface area contributed by atoms with Crippen molar-refractivity contribution >= 4 is 6.03 Å². The number of rotatable bonds is 7. The molecule has 1 aliphatic heterocycles. The van der Waals surface area contributed by atoms with Crippen LogP contribution in [0.15, 0.2) is 60.9 Å². The van der Waals surface area contributed by atoms with Crippen LogP contribution in [0.25, 0.3) is 11.1 Å². The van der Waals surface area contributed by atoms with Gasteiger partial charge in [-0.15, -0.1) is 0 Å². The van der Waals surface area contributed by atoms with E-state index in [2.05, 4.69) is 22.1 Å². The number of hydrogen-bond acceptors (Lipinski definition) is 5. The largest absolute Gasteiger partial charge is 0.491 e. The van der Waals surface area contributed by atoms with Crippen LogP contribution < -0.4 is 10.1 Å². The number of nitrogens with one attached hydrogen (secondary N) is 1. The molecule has 1 aromatic heterocycles. The first-order valence-corrected chi connectivity index (χ1v) is 11.5. The Kier molecular flexibility index (Phi) is 7.10. The van der Waals surface area contributed by atoms with Gasteiger partial charge in [-0.05, 0) is 49.2 Å². The van der Waals surface area contributed by atoms with E-state index in [0.717, 1.165) is 22.4 Å². The monoisotopic (exact) mass is 474 g/mol. The Morgan fingerprint density at radius 3 is 2.40 bits per heavy atom. The summed E-state index contributed by atoms with van der Waals surface area (Å²) in [6.07, 6.45) is 2.55. The van der Waals surface area contributed by atoms with Gasteiger partial charge in [-0.1, -0.05) is 36.1 Å². The molecule has 0 spiro atoms. The number of aliphatic hydroxyl groups is 2. The summed E-state index contributed by atoms with van der Waals surface area (Å²) in [6.45, 7) is 4.41. The predicted molar refractivity (Wildman–Crippen MR) is 133 cm³/mol. The topological polar surface area (TPSA) is 99.9 Å². The lowest BCUT2D eigenvalue weighted by atomic mass is 10.0. The molecule has 0 unspecified atom stereocenters. The number of likely N-dealkylation sites (N-methyl/N-ethyl adjacent to an activating group) is 1. The summed E-state index contributed by atoms with van der Waals surface area (Å²) in [5.41, 5.74) is 2.50. The number of hydrogen-bond donors (Lipinski definition) is 3. The van der Waals surface area contributed by atoms with Gasteiger partial charge in [0.1, 0.15) is 30.3 Å². The van der Waals surface area contributed by atoms with Gasteiger partial charge in [-0.2, -0.15) is 0 Å². The summed E-state index contributed by atoms with van der Waals surface area (Å²) in [7, 11) is 1.77. The van der Waals surface area contributed by atoms with Gasteiger partial charge in [-0.3, -0.25) is 0 Å². The van der Waals surface area contributed by atoms with Crippen LogP contribution in [0.2, 0.25) is 0 Å². The zero-order valence-electron chi connectivity index (χ0n) is 20.1. The molecule has 2 amide bonds. The van der Waals surface area contributed by atoms with Crippen LogP contribution >= 0.6 is 0 Å². The Balaban J connectivity index is 1.39. The summed E-state index contributed by atoms with van der Waals surface area (Å²) in [5.74, 6) is 7.37. The molecule has 1 aliphatic rings. The molecule has 2 aromatic carbocycles. The third-order valence-corrected chi connectivity index (χ3v) is 5.94. The van der Waals surface area contributed by atoms with E-state index in [0.29, 0.717) is 19.0 Å². The second kappa shape index (κ2) is 10.2. The molecular weight excluding hydrogens is 444 g/mol. The molecular formula is C27H30N4O4. The Morgan fingerprint density at radius 1 is 1.17 bits per heavy atom. The minimum Gasteiger partial charge on any atom is -0.491 e. The second-order valence-corrected chi connectivity index (χ2v) is 9.07. The predicted octanol–water partition coefficient (Wildman–Crippen LogP) is 2.98. The minimum absolute atomic E-state index is 0.0855. The number of benzene rings is 2. The van der Waals surface area contributed by atoms with E-state index in [-0.39, 0.29) is 12.6 Å².